The summed E-state index contributed by atoms with van der Waals surface area (Å²) in [7, 11) is 0. The van der Waals surface area contributed by atoms with Gasteiger partial charge in [-0.1, -0.05) is 32.0 Å². The zero-order chi connectivity index (χ0) is 15.7. The number of rotatable bonds is 9. The fourth-order valence-corrected chi connectivity index (χ4v) is 1.66. The average molecular weight is 305 g/mol. The Labute approximate surface area is 123 Å². The van der Waals surface area contributed by atoms with Crippen molar-refractivity contribution in [3.05, 3.63) is 29.8 Å². The topological polar surface area (TPSA) is 30.5 Å². The standard InChI is InChI=1S/C15H22F3NO2/c1-12(2)7-9-20-10-8-19-11-13-5-3-4-6-14(13)21-15(16,17)18/h3-6,12,19H,7-11H2,1-2H3. The van der Waals surface area contributed by atoms with Crippen molar-refractivity contribution in [3.63, 3.8) is 0 Å². The van der Waals surface area contributed by atoms with Gasteiger partial charge in [-0.25, -0.2) is 0 Å². The molecule has 0 aliphatic heterocycles. The number of para-hydroxylation sites is 1. The maximum Gasteiger partial charge on any atom is 0.573 e. The van der Waals surface area contributed by atoms with Crippen molar-refractivity contribution in [2.24, 2.45) is 5.92 Å². The molecule has 1 N–H and O–H groups in total. The third-order valence-corrected chi connectivity index (χ3v) is 2.78. The predicted octanol–water partition coefficient (Wildman–Crippen LogP) is 3.74. The first-order chi connectivity index (χ1) is 9.88. The van der Waals surface area contributed by atoms with E-state index in [4.69, 9.17) is 4.74 Å². The van der Waals surface area contributed by atoms with Crippen molar-refractivity contribution in [1.29, 1.82) is 0 Å². The minimum Gasteiger partial charge on any atom is -0.405 e. The third kappa shape index (κ3) is 8.57. The van der Waals surface area contributed by atoms with E-state index in [1.165, 1.54) is 12.1 Å². The van der Waals surface area contributed by atoms with E-state index >= 15 is 0 Å². The van der Waals surface area contributed by atoms with Crippen LogP contribution in [0, 0.1) is 5.92 Å². The summed E-state index contributed by atoms with van der Waals surface area (Å²) in [6.45, 7) is 6.37. The van der Waals surface area contributed by atoms with Crippen LogP contribution in [0.3, 0.4) is 0 Å². The van der Waals surface area contributed by atoms with Crippen LogP contribution in [0.5, 0.6) is 5.75 Å². The van der Waals surface area contributed by atoms with Gasteiger partial charge in [-0.2, -0.15) is 0 Å². The zero-order valence-corrected chi connectivity index (χ0v) is 12.4. The molecule has 0 amide bonds. The van der Waals surface area contributed by atoms with Crippen LogP contribution in [0.4, 0.5) is 13.2 Å². The van der Waals surface area contributed by atoms with Gasteiger partial charge in [0.25, 0.3) is 0 Å². The summed E-state index contributed by atoms with van der Waals surface area (Å²) < 4.78 is 46.2. The Balaban J connectivity index is 2.29. The van der Waals surface area contributed by atoms with Crippen molar-refractivity contribution in [2.45, 2.75) is 33.2 Å². The van der Waals surface area contributed by atoms with Crippen LogP contribution in [0.1, 0.15) is 25.8 Å². The molecule has 0 atom stereocenters. The molecule has 0 saturated heterocycles. The van der Waals surface area contributed by atoms with Crippen LogP contribution in [0.25, 0.3) is 0 Å². The molecule has 1 aromatic rings. The summed E-state index contributed by atoms with van der Waals surface area (Å²) in [6, 6.07) is 6.11. The van der Waals surface area contributed by atoms with Crippen LogP contribution in [-0.2, 0) is 11.3 Å². The minimum atomic E-state index is -4.67. The van der Waals surface area contributed by atoms with E-state index in [1.807, 2.05) is 0 Å². The van der Waals surface area contributed by atoms with Crippen molar-refractivity contribution in [1.82, 2.24) is 5.32 Å². The van der Waals surface area contributed by atoms with E-state index < -0.39 is 6.36 Å². The van der Waals surface area contributed by atoms with E-state index in [-0.39, 0.29) is 5.75 Å². The maximum atomic E-state index is 12.3. The molecule has 0 unspecified atom stereocenters. The lowest BCUT2D eigenvalue weighted by atomic mass is 10.1. The average Bonchev–Trinajstić information content (AvgIpc) is 2.37. The molecule has 21 heavy (non-hydrogen) atoms. The normalized spacial score (nSPS) is 11.9. The summed E-state index contributed by atoms with van der Waals surface area (Å²) in [4.78, 5) is 0. The van der Waals surface area contributed by atoms with Crippen molar-refractivity contribution in [2.75, 3.05) is 19.8 Å². The molecular weight excluding hydrogens is 283 g/mol. The first-order valence-electron chi connectivity index (χ1n) is 7.00. The number of halogens is 3. The summed E-state index contributed by atoms with van der Waals surface area (Å²) in [5.74, 6) is 0.433. The van der Waals surface area contributed by atoms with Crippen molar-refractivity contribution in [3.8, 4) is 5.75 Å². The van der Waals surface area contributed by atoms with E-state index in [0.29, 0.717) is 37.8 Å². The molecule has 1 rings (SSSR count). The highest BCUT2D eigenvalue weighted by molar-refractivity contribution is 5.33. The quantitative estimate of drug-likeness (QED) is 0.705. The number of nitrogens with one attached hydrogen (secondary N) is 1. The maximum absolute atomic E-state index is 12.3. The van der Waals surface area contributed by atoms with Gasteiger partial charge >= 0.3 is 6.36 Å². The van der Waals surface area contributed by atoms with Crippen molar-refractivity contribution >= 4 is 0 Å². The van der Waals surface area contributed by atoms with Gasteiger partial charge in [0.15, 0.2) is 0 Å². The Morgan fingerprint density at radius 2 is 1.86 bits per heavy atom. The van der Waals surface area contributed by atoms with Crippen LogP contribution >= 0.6 is 0 Å². The van der Waals surface area contributed by atoms with Crippen molar-refractivity contribution < 1.29 is 22.6 Å². The molecule has 0 fully saturated rings. The number of hydrogen-bond donors (Lipinski definition) is 1. The second kappa shape index (κ2) is 8.89. The predicted molar refractivity (Wildman–Crippen MR) is 75.1 cm³/mol. The minimum absolute atomic E-state index is 0.168. The summed E-state index contributed by atoms with van der Waals surface area (Å²) in [6.07, 6.45) is -3.67. The number of alkyl halides is 3. The summed E-state index contributed by atoms with van der Waals surface area (Å²) >= 11 is 0. The molecule has 6 heteroatoms. The van der Waals surface area contributed by atoms with Crippen LogP contribution in [0.15, 0.2) is 24.3 Å². The Kier molecular flexibility index (Phi) is 7.53. The second-order valence-electron chi connectivity index (χ2n) is 5.13. The fourth-order valence-electron chi connectivity index (χ4n) is 1.66. The highest BCUT2D eigenvalue weighted by Crippen LogP contribution is 2.25. The molecule has 0 aliphatic rings. The van der Waals surface area contributed by atoms with Crippen LogP contribution in [0.2, 0.25) is 0 Å². The molecule has 3 nitrogen and oxygen atoms in total. The lowest BCUT2D eigenvalue weighted by Gasteiger charge is -2.13. The highest BCUT2D eigenvalue weighted by atomic mass is 19.4. The Morgan fingerprint density at radius 1 is 1.14 bits per heavy atom. The first kappa shape index (κ1) is 17.8. The number of ether oxygens (including phenoxy) is 2. The van der Waals surface area contributed by atoms with Gasteiger partial charge in [0.1, 0.15) is 5.75 Å². The highest BCUT2D eigenvalue weighted by Gasteiger charge is 2.31. The SMILES string of the molecule is CC(C)CCOCCNCc1ccccc1OC(F)(F)F. The van der Waals surface area contributed by atoms with Gasteiger partial charge in [0, 0.05) is 25.3 Å². The molecule has 0 aromatic heterocycles. The number of hydrogen-bond acceptors (Lipinski definition) is 3. The molecular formula is C15H22F3NO2. The molecule has 0 bridgehead atoms. The molecule has 0 spiro atoms. The van der Waals surface area contributed by atoms with Gasteiger partial charge in [-0.3, -0.25) is 0 Å². The lowest BCUT2D eigenvalue weighted by Crippen LogP contribution is -2.22. The monoisotopic (exact) mass is 305 g/mol. The molecule has 120 valence electrons. The van der Waals surface area contributed by atoms with E-state index in [2.05, 4.69) is 23.9 Å². The Hall–Kier alpha value is -1.27. The van der Waals surface area contributed by atoms with Gasteiger partial charge in [0.05, 0.1) is 6.61 Å². The van der Waals surface area contributed by atoms with Gasteiger partial charge < -0.3 is 14.8 Å². The van der Waals surface area contributed by atoms with Crippen LogP contribution < -0.4 is 10.1 Å². The van der Waals surface area contributed by atoms with Gasteiger partial charge in [0.2, 0.25) is 0 Å². The number of benzene rings is 1. The lowest BCUT2D eigenvalue weighted by molar-refractivity contribution is -0.274. The van der Waals surface area contributed by atoms with Crippen LogP contribution in [-0.4, -0.2) is 26.1 Å². The van der Waals surface area contributed by atoms with E-state index in [1.54, 1.807) is 12.1 Å². The van der Waals surface area contributed by atoms with E-state index in [9.17, 15) is 13.2 Å². The molecule has 0 aliphatic carbocycles. The second-order valence-corrected chi connectivity index (χ2v) is 5.13. The molecule has 0 radical (unpaired) electrons. The summed E-state index contributed by atoms with van der Waals surface area (Å²) in [5.41, 5.74) is 0.469. The van der Waals surface area contributed by atoms with Gasteiger partial charge in [-0.15, -0.1) is 13.2 Å². The molecule has 0 saturated carbocycles. The fraction of sp³-hybridized carbons (Fsp3) is 0.600. The smallest absolute Gasteiger partial charge is 0.405 e. The zero-order valence-electron chi connectivity index (χ0n) is 12.4. The Bertz CT molecular complexity index is 408. The van der Waals surface area contributed by atoms with Gasteiger partial charge in [-0.05, 0) is 18.4 Å². The van der Waals surface area contributed by atoms with E-state index in [0.717, 1.165) is 6.42 Å². The summed E-state index contributed by atoms with van der Waals surface area (Å²) in [5, 5.41) is 3.04. The largest absolute Gasteiger partial charge is 0.573 e. The first-order valence-corrected chi connectivity index (χ1v) is 7.00. The molecule has 1 aromatic carbocycles. The third-order valence-electron chi connectivity index (χ3n) is 2.78. The Morgan fingerprint density at radius 3 is 2.52 bits per heavy atom. The molecule has 0 heterocycles.